The van der Waals surface area contributed by atoms with Gasteiger partial charge in [-0.1, -0.05) is 0 Å². The number of carbonyl (C=O) groups excluding carboxylic acids is 2. The van der Waals surface area contributed by atoms with Crippen molar-refractivity contribution in [2.24, 2.45) is 0 Å². The second kappa shape index (κ2) is 8.08. The highest BCUT2D eigenvalue weighted by Gasteiger charge is 2.24. The third-order valence-electron chi connectivity index (χ3n) is 2.38. The van der Waals surface area contributed by atoms with Gasteiger partial charge in [-0.2, -0.15) is 0 Å². The Hall–Kier alpha value is -1.48. The Morgan fingerprint density at radius 2 is 2.10 bits per heavy atom. The van der Waals surface area contributed by atoms with E-state index in [0.29, 0.717) is 3.57 Å². The maximum atomic E-state index is 13.8. The lowest BCUT2D eigenvalue weighted by atomic mass is 10.0. The van der Waals surface area contributed by atoms with E-state index >= 15 is 0 Å². The molecular formula is C14H16FIN2O3. The van der Waals surface area contributed by atoms with Crippen LogP contribution in [-0.2, 0) is 9.53 Å². The Kier molecular flexibility index (Phi) is 6.76. The minimum absolute atomic E-state index is 0.125. The molecule has 0 bridgehead atoms. The molecule has 0 aliphatic heterocycles. The maximum Gasteiger partial charge on any atom is 0.343 e. The zero-order chi connectivity index (χ0) is 16.0. The van der Waals surface area contributed by atoms with Crippen molar-refractivity contribution in [3.8, 4) is 0 Å². The zero-order valence-corrected chi connectivity index (χ0v) is 14.1. The molecule has 21 heavy (non-hydrogen) atoms. The fraction of sp³-hybridized carbons (Fsp3) is 0.286. The predicted octanol–water partition coefficient (Wildman–Crippen LogP) is 2.13. The SMILES string of the molecule is CCOC(=O)/C(=C/NN(C)C)C(=O)c1cc(I)ccc1F. The highest BCUT2D eigenvalue weighted by molar-refractivity contribution is 14.1. The van der Waals surface area contributed by atoms with E-state index in [-0.39, 0.29) is 17.7 Å². The summed E-state index contributed by atoms with van der Waals surface area (Å²) < 4.78 is 19.3. The van der Waals surface area contributed by atoms with Gasteiger partial charge in [0.2, 0.25) is 5.78 Å². The Bertz CT molecular complexity index is 573. The van der Waals surface area contributed by atoms with Gasteiger partial charge in [0.1, 0.15) is 11.4 Å². The molecule has 0 aliphatic carbocycles. The number of ketones is 1. The van der Waals surface area contributed by atoms with Gasteiger partial charge in [-0.25, -0.2) is 14.2 Å². The van der Waals surface area contributed by atoms with E-state index in [4.69, 9.17) is 4.74 Å². The Morgan fingerprint density at radius 1 is 1.43 bits per heavy atom. The van der Waals surface area contributed by atoms with Gasteiger partial charge < -0.3 is 10.2 Å². The van der Waals surface area contributed by atoms with Gasteiger partial charge in [0.25, 0.3) is 0 Å². The first kappa shape index (κ1) is 17.6. The fourth-order valence-corrected chi connectivity index (χ4v) is 1.93. The van der Waals surface area contributed by atoms with E-state index in [2.05, 4.69) is 5.43 Å². The molecule has 0 aromatic heterocycles. The molecule has 0 atom stereocenters. The molecular weight excluding hydrogens is 390 g/mol. The van der Waals surface area contributed by atoms with Crippen LogP contribution in [0.3, 0.4) is 0 Å². The number of halogens is 2. The van der Waals surface area contributed by atoms with Crippen LogP contribution in [0.15, 0.2) is 30.0 Å². The molecule has 0 fully saturated rings. The van der Waals surface area contributed by atoms with Crippen molar-refractivity contribution >= 4 is 34.3 Å². The number of Topliss-reactive ketones (excluding diaryl/α,β-unsaturated/α-hetero) is 1. The summed E-state index contributed by atoms with van der Waals surface area (Å²) >= 11 is 1.97. The summed E-state index contributed by atoms with van der Waals surface area (Å²) in [6.07, 6.45) is 1.21. The summed E-state index contributed by atoms with van der Waals surface area (Å²) in [5.41, 5.74) is 2.27. The Balaban J connectivity index is 3.18. The summed E-state index contributed by atoms with van der Waals surface area (Å²) in [6.45, 7) is 1.76. The summed E-state index contributed by atoms with van der Waals surface area (Å²) in [6, 6.07) is 4.12. The van der Waals surface area contributed by atoms with Gasteiger partial charge in [-0.3, -0.25) is 4.79 Å². The smallest absolute Gasteiger partial charge is 0.343 e. The van der Waals surface area contributed by atoms with E-state index in [1.165, 1.54) is 23.3 Å². The molecule has 7 heteroatoms. The standard InChI is InChI=1S/C14H16FIN2O3/c1-4-21-14(20)11(8-17-18(2)3)13(19)10-7-9(16)5-6-12(10)15/h5-8,17H,4H2,1-3H3/b11-8+. The lowest BCUT2D eigenvalue weighted by molar-refractivity contribution is -0.138. The monoisotopic (exact) mass is 406 g/mol. The number of hydrogen-bond acceptors (Lipinski definition) is 5. The third kappa shape index (κ3) is 5.09. The van der Waals surface area contributed by atoms with Gasteiger partial charge in [-0.15, -0.1) is 0 Å². The van der Waals surface area contributed by atoms with Crippen LogP contribution in [0.5, 0.6) is 0 Å². The van der Waals surface area contributed by atoms with Crippen LogP contribution in [0.1, 0.15) is 17.3 Å². The zero-order valence-electron chi connectivity index (χ0n) is 11.9. The van der Waals surface area contributed by atoms with E-state index in [1.807, 2.05) is 22.6 Å². The van der Waals surface area contributed by atoms with Gasteiger partial charge >= 0.3 is 5.97 Å². The van der Waals surface area contributed by atoms with Crippen molar-refractivity contribution in [3.63, 3.8) is 0 Å². The van der Waals surface area contributed by atoms with Crippen molar-refractivity contribution in [2.45, 2.75) is 6.92 Å². The number of ether oxygens (including phenoxy) is 1. The highest BCUT2D eigenvalue weighted by Crippen LogP contribution is 2.17. The molecule has 1 rings (SSSR count). The van der Waals surface area contributed by atoms with Crippen molar-refractivity contribution < 1.29 is 18.7 Å². The first-order valence-corrected chi connectivity index (χ1v) is 7.25. The first-order chi connectivity index (χ1) is 9.86. The maximum absolute atomic E-state index is 13.8. The molecule has 0 amide bonds. The molecule has 1 aromatic carbocycles. The van der Waals surface area contributed by atoms with Crippen LogP contribution in [0.2, 0.25) is 0 Å². The van der Waals surface area contributed by atoms with Crippen LogP contribution >= 0.6 is 22.6 Å². The molecule has 5 nitrogen and oxygen atoms in total. The van der Waals surface area contributed by atoms with Crippen LogP contribution in [0.4, 0.5) is 4.39 Å². The number of benzene rings is 1. The van der Waals surface area contributed by atoms with Crippen LogP contribution in [0.25, 0.3) is 0 Å². The molecule has 0 saturated carbocycles. The molecule has 0 saturated heterocycles. The van der Waals surface area contributed by atoms with Crippen LogP contribution in [-0.4, -0.2) is 37.5 Å². The number of nitrogens with zero attached hydrogens (tertiary/aromatic N) is 1. The summed E-state index contributed by atoms with van der Waals surface area (Å²) in [7, 11) is 3.38. The Morgan fingerprint density at radius 3 is 2.67 bits per heavy atom. The van der Waals surface area contributed by atoms with E-state index in [0.717, 1.165) is 0 Å². The van der Waals surface area contributed by atoms with Gasteiger partial charge in [0, 0.05) is 23.9 Å². The molecule has 0 aliphatic rings. The lowest BCUT2D eigenvalue weighted by Gasteiger charge is -2.12. The number of rotatable bonds is 6. The topological polar surface area (TPSA) is 58.6 Å². The number of carbonyl (C=O) groups is 2. The fourth-order valence-electron chi connectivity index (χ4n) is 1.44. The van der Waals surface area contributed by atoms with Gasteiger partial charge in [-0.05, 0) is 47.7 Å². The second-order valence-electron chi connectivity index (χ2n) is 4.26. The van der Waals surface area contributed by atoms with Crippen LogP contribution in [0, 0.1) is 9.39 Å². The molecule has 0 heterocycles. The van der Waals surface area contributed by atoms with Crippen molar-refractivity contribution in [1.82, 2.24) is 10.4 Å². The normalized spacial score (nSPS) is 11.4. The van der Waals surface area contributed by atoms with E-state index in [9.17, 15) is 14.0 Å². The largest absolute Gasteiger partial charge is 0.462 e. The van der Waals surface area contributed by atoms with E-state index < -0.39 is 17.6 Å². The van der Waals surface area contributed by atoms with Crippen molar-refractivity contribution in [3.05, 3.63) is 44.9 Å². The molecule has 1 aromatic rings. The van der Waals surface area contributed by atoms with E-state index in [1.54, 1.807) is 27.1 Å². The summed E-state index contributed by atoms with van der Waals surface area (Å²) in [5, 5.41) is 1.54. The molecule has 1 N–H and O–H groups in total. The average Bonchev–Trinajstić information content (AvgIpc) is 2.41. The first-order valence-electron chi connectivity index (χ1n) is 6.17. The van der Waals surface area contributed by atoms with Crippen LogP contribution < -0.4 is 5.43 Å². The molecule has 0 spiro atoms. The van der Waals surface area contributed by atoms with Crippen molar-refractivity contribution in [2.75, 3.05) is 20.7 Å². The van der Waals surface area contributed by atoms with Gasteiger partial charge in [0.15, 0.2) is 0 Å². The quantitative estimate of drug-likeness (QED) is 0.149. The predicted molar refractivity (Wildman–Crippen MR) is 85.0 cm³/mol. The number of hydrogen-bond donors (Lipinski definition) is 1. The molecule has 0 unspecified atom stereocenters. The number of hydrazine groups is 1. The minimum Gasteiger partial charge on any atom is -0.462 e. The van der Waals surface area contributed by atoms with Gasteiger partial charge in [0.05, 0.1) is 12.2 Å². The Labute approximate surface area is 136 Å². The minimum atomic E-state index is -0.796. The highest BCUT2D eigenvalue weighted by atomic mass is 127. The van der Waals surface area contributed by atoms with Crippen molar-refractivity contribution in [1.29, 1.82) is 0 Å². The summed E-state index contributed by atoms with van der Waals surface area (Å²) in [4.78, 5) is 24.2. The average molecular weight is 406 g/mol. The number of nitrogens with one attached hydrogen (secondary N) is 1. The lowest BCUT2D eigenvalue weighted by Crippen LogP contribution is -2.28. The second-order valence-corrected chi connectivity index (χ2v) is 5.50. The summed E-state index contributed by atoms with van der Waals surface area (Å²) in [5.74, 6) is -2.20. The number of esters is 1. The molecule has 0 radical (unpaired) electrons. The molecule has 114 valence electrons. The third-order valence-corrected chi connectivity index (χ3v) is 3.05.